The van der Waals surface area contributed by atoms with Gasteiger partial charge in [0.15, 0.2) is 5.65 Å². The molecule has 5 heterocycles. The van der Waals surface area contributed by atoms with Crippen molar-refractivity contribution in [1.29, 1.82) is 0 Å². The Balaban J connectivity index is 0.000000425. The second-order valence-corrected chi connectivity index (χ2v) is 13.8. The van der Waals surface area contributed by atoms with E-state index in [1.165, 1.54) is 5.56 Å². The van der Waals surface area contributed by atoms with Crippen molar-refractivity contribution in [3.63, 3.8) is 0 Å². The van der Waals surface area contributed by atoms with Crippen molar-refractivity contribution >= 4 is 40.5 Å². The number of amides is 1. The average Bonchev–Trinajstić information content (AvgIpc) is 3.88. The molecular weight excluding hydrogens is 756 g/mol. The van der Waals surface area contributed by atoms with Gasteiger partial charge in [0.1, 0.15) is 12.9 Å². The van der Waals surface area contributed by atoms with Gasteiger partial charge >= 0.3 is 30.4 Å². The lowest BCUT2D eigenvalue weighted by molar-refractivity contribution is -0.193. The number of benzene rings is 1. The van der Waals surface area contributed by atoms with Crippen molar-refractivity contribution in [2.75, 3.05) is 32.8 Å². The number of ether oxygens (including phenoxy) is 1. The number of carbonyl (C=O) groups is 4. The summed E-state index contributed by atoms with van der Waals surface area (Å²) in [6.45, 7) is 11.8. The van der Waals surface area contributed by atoms with Crippen LogP contribution in [-0.4, -0.2) is 109 Å². The molecule has 14 nitrogen and oxygen atoms in total. The molecule has 5 N–H and O–H groups in total. The molecule has 0 saturated carbocycles. The number of hydrogen-bond donors (Lipinski definition) is 4. The first-order valence-corrected chi connectivity index (χ1v) is 17.6. The Kier molecular flexibility index (Phi) is 13.7. The number of nitrogens with one attached hydrogen (secondary N) is 1. The number of nitrogens with two attached hydrogens (primary N) is 1. The summed E-state index contributed by atoms with van der Waals surface area (Å²) in [7, 11) is 0. The number of rotatable bonds is 7. The number of hydrogen-bond acceptors (Lipinski definition) is 9. The Morgan fingerprint density at radius 3 is 2.11 bits per heavy atom. The molecule has 1 aromatic carbocycles. The third kappa shape index (κ3) is 10.3. The Morgan fingerprint density at radius 2 is 1.59 bits per heavy atom. The maximum absolute atomic E-state index is 14.0. The normalized spacial score (nSPS) is 16.7. The number of primary amides is 1. The van der Waals surface area contributed by atoms with Crippen LogP contribution in [0.4, 0.5) is 31.1 Å². The predicted molar refractivity (Wildman–Crippen MR) is 190 cm³/mol. The molecular formula is C36H43F6N7O7. The number of piperidine rings is 1. The molecule has 0 spiro atoms. The summed E-state index contributed by atoms with van der Waals surface area (Å²) in [5.41, 5.74) is 13.4. The number of halogens is 6. The van der Waals surface area contributed by atoms with Crippen LogP contribution in [0.1, 0.15) is 73.6 Å². The summed E-state index contributed by atoms with van der Waals surface area (Å²) in [5, 5.41) is 23.2. The van der Waals surface area contributed by atoms with Crippen molar-refractivity contribution in [2.24, 2.45) is 5.73 Å². The summed E-state index contributed by atoms with van der Waals surface area (Å²) in [6.07, 6.45) is -2.96. The molecule has 4 aromatic rings. The molecule has 0 bridgehead atoms. The van der Waals surface area contributed by atoms with E-state index in [4.69, 9.17) is 30.3 Å². The van der Waals surface area contributed by atoms with E-state index in [1.807, 2.05) is 6.20 Å². The zero-order chi connectivity index (χ0) is 41.7. The number of fused-ring (bicyclic) bond motifs is 2. The molecule has 56 heavy (non-hydrogen) atoms. The zero-order valence-corrected chi connectivity index (χ0v) is 31.0. The van der Waals surface area contributed by atoms with E-state index in [0.29, 0.717) is 19.1 Å². The monoisotopic (exact) mass is 799 g/mol. The Labute approximate surface area is 316 Å². The number of aliphatic carboxylic acids is 2. The fraction of sp³-hybridized carbons (Fsp3) is 0.500. The number of likely N-dealkylation sites (tertiary alicyclic amines) is 1. The lowest BCUT2D eigenvalue weighted by Gasteiger charge is -2.31. The molecule has 1 amide bonds. The van der Waals surface area contributed by atoms with Crippen LogP contribution in [0.2, 0.25) is 0 Å². The minimum atomic E-state index is -5.08. The number of carboxylic acid groups (broad SMARTS) is 2. The largest absolute Gasteiger partial charge is 0.490 e. The van der Waals surface area contributed by atoms with E-state index < -0.39 is 24.3 Å². The summed E-state index contributed by atoms with van der Waals surface area (Å²) < 4.78 is 73.0. The van der Waals surface area contributed by atoms with Gasteiger partial charge in [-0.3, -0.25) is 9.69 Å². The second-order valence-electron chi connectivity index (χ2n) is 13.8. The molecule has 0 radical (unpaired) electrons. The lowest BCUT2D eigenvalue weighted by atomic mass is 9.87. The number of alkyl halides is 6. The first-order valence-electron chi connectivity index (χ1n) is 17.6. The van der Waals surface area contributed by atoms with Crippen LogP contribution in [0, 0.1) is 13.8 Å². The zero-order valence-electron chi connectivity index (χ0n) is 31.0. The lowest BCUT2D eigenvalue weighted by Crippen LogP contribution is -2.39. The second kappa shape index (κ2) is 17.7. The smallest absolute Gasteiger partial charge is 0.475 e. The fourth-order valence-electron chi connectivity index (χ4n) is 6.85. The van der Waals surface area contributed by atoms with E-state index in [9.17, 15) is 35.9 Å². The van der Waals surface area contributed by atoms with Crippen LogP contribution in [-0.2, 0) is 19.1 Å². The van der Waals surface area contributed by atoms with Crippen LogP contribution in [0.5, 0.6) is 0 Å². The van der Waals surface area contributed by atoms with Gasteiger partial charge in [0, 0.05) is 23.2 Å². The first-order chi connectivity index (χ1) is 26.1. The number of carboxylic acids is 2. The van der Waals surface area contributed by atoms with Crippen molar-refractivity contribution in [1.82, 2.24) is 29.4 Å². The van der Waals surface area contributed by atoms with E-state index in [1.54, 1.807) is 15.4 Å². The average molecular weight is 800 g/mol. The highest BCUT2D eigenvalue weighted by Crippen LogP contribution is 2.42. The molecule has 2 aliphatic rings. The van der Waals surface area contributed by atoms with Gasteiger partial charge in [0.25, 0.3) is 0 Å². The van der Waals surface area contributed by atoms with Crippen LogP contribution >= 0.6 is 0 Å². The SMILES string of the molecule is Cc1c(-c2c(C(C)C)c3cc(C4CCN(CC(N)=O)CC4)ccc3n2C(=O)OC[C@@H]2CCCN2)cn2ncnc2c1C.O=C(O)C(F)(F)F.O=C(O)C(F)(F)F. The van der Waals surface area contributed by atoms with Gasteiger partial charge in [0.05, 0.1) is 17.8 Å². The van der Waals surface area contributed by atoms with E-state index in [0.717, 1.165) is 89.8 Å². The van der Waals surface area contributed by atoms with Gasteiger partial charge in [-0.15, -0.1) is 0 Å². The van der Waals surface area contributed by atoms with Crippen molar-refractivity contribution in [3.05, 3.63) is 53.0 Å². The Bertz CT molecular complexity index is 2040. The third-order valence-electron chi connectivity index (χ3n) is 9.67. The van der Waals surface area contributed by atoms with E-state index in [2.05, 4.69) is 66.2 Å². The van der Waals surface area contributed by atoms with Crippen molar-refractivity contribution in [2.45, 2.75) is 83.6 Å². The third-order valence-corrected chi connectivity index (χ3v) is 9.67. The van der Waals surface area contributed by atoms with Gasteiger partial charge in [-0.1, -0.05) is 19.9 Å². The minimum Gasteiger partial charge on any atom is -0.475 e. The highest BCUT2D eigenvalue weighted by atomic mass is 19.4. The van der Waals surface area contributed by atoms with Gasteiger partial charge < -0.3 is 26.0 Å². The highest BCUT2D eigenvalue weighted by molar-refractivity contribution is 6.01. The molecule has 20 heteroatoms. The van der Waals surface area contributed by atoms with Crippen LogP contribution in [0.15, 0.2) is 30.7 Å². The summed E-state index contributed by atoms with van der Waals surface area (Å²) in [5.74, 6) is -5.27. The number of aryl methyl sites for hydroxylation is 1. The molecule has 306 valence electrons. The predicted octanol–water partition coefficient (Wildman–Crippen LogP) is 5.76. The molecule has 2 fully saturated rings. The van der Waals surface area contributed by atoms with Gasteiger partial charge in [-0.25, -0.2) is 28.5 Å². The first kappa shape index (κ1) is 43.5. The van der Waals surface area contributed by atoms with Crippen LogP contribution in [0.3, 0.4) is 0 Å². The van der Waals surface area contributed by atoms with Gasteiger partial charge in [0.2, 0.25) is 5.91 Å². The molecule has 6 rings (SSSR count). The summed E-state index contributed by atoms with van der Waals surface area (Å²) in [6, 6.07) is 6.71. The highest BCUT2D eigenvalue weighted by Gasteiger charge is 2.39. The number of carbonyl (C=O) groups excluding carboxylic acids is 2. The summed E-state index contributed by atoms with van der Waals surface area (Å²) in [4.78, 5) is 49.8. The topological polar surface area (TPSA) is 194 Å². The molecule has 0 aliphatic carbocycles. The maximum Gasteiger partial charge on any atom is 0.490 e. The number of nitrogens with zero attached hydrogens (tertiary/aromatic N) is 5. The Morgan fingerprint density at radius 1 is 0.982 bits per heavy atom. The fourth-order valence-corrected chi connectivity index (χ4v) is 6.85. The number of aromatic nitrogens is 4. The van der Waals surface area contributed by atoms with Gasteiger partial charge in [-0.05, 0) is 105 Å². The van der Waals surface area contributed by atoms with Crippen molar-refractivity contribution < 1.29 is 60.5 Å². The minimum absolute atomic E-state index is 0.145. The number of pyridine rings is 1. The maximum atomic E-state index is 14.0. The molecule has 1 atom stereocenters. The van der Waals surface area contributed by atoms with E-state index >= 15 is 0 Å². The standard InChI is InChI=1S/C32H41N7O3.2C2HF3O2/c1-19(2)29-25-14-23(22-9-12-37(13-10-22)16-28(33)40)7-8-27(25)39(32(41)42-17-24-6-5-11-34-24)30(29)26-15-38-31(35-18-36-38)21(4)20(26)3;2*3-2(4,5)1(6)7/h7-8,14-15,18-19,22,24,34H,5-6,9-13,16-17H2,1-4H3,(H2,33,40);2*(H,6,7)/t24-;;/m0../s1. The summed E-state index contributed by atoms with van der Waals surface area (Å²) >= 11 is 0. The molecule has 0 unspecified atom stereocenters. The molecule has 2 saturated heterocycles. The van der Waals surface area contributed by atoms with E-state index in [-0.39, 0.29) is 24.0 Å². The quantitative estimate of drug-likeness (QED) is 0.166. The van der Waals surface area contributed by atoms with Crippen LogP contribution < -0.4 is 11.1 Å². The Hall–Kier alpha value is -5.24. The van der Waals surface area contributed by atoms with Crippen LogP contribution in [0.25, 0.3) is 27.8 Å². The van der Waals surface area contributed by atoms with Crippen molar-refractivity contribution in [3.8, 4) is 11.3 Å². The molecule has 2 aliphatic heterocycles. The molecule has 3 aromatic heterocycles. The van der Waals surface area contributed by atoms with Gasteiger partial charge in [-0.2, -0.15) is 31.4 Å².